The molecular formula is C10H16N2O3. The van der Waals surface area contributed by atoms with Crippen LogP contribution in [0.15, 0.2) is 0 Å². The Bertz CT molecular complexity index is 325. The van der Waals surface area contributed by atoms with Crippen LogP contribution < -0.4 is 5.73 Å². The van der Waals surface area contributed by atoms with Crippen LogP contribution in [0.3, 0.4) is 0 Å². The Kier molecular flexibility index (Phi) is 2.05. The van der Waals surface area contributed by atoms with Gasteiger partial charge in [-0.2, -0.15) is 0 Å². The van der Waals surface area contributed by atoms with Crippen molar-refractivity contribution >= 4 is 11.9 Å². The van der Waals surface area contributed by atoms with Gasteiger partial charge in [-0.15, -0.1) is 0 Å². The van der Waals surface area contributed by atoms with Crippen LogP contribution in [0.25, 0.3) is 0 Å². The number of hydrogen-bond donors (Lipinski definition) is 2. The maximum atomic E-state index is 12.0. The van der Waals surface area contributed by atoms with E-state index in [0.717, 1.165) is 6.42 Å². The summed E-state index contributed by atoms with van der Waals surface area (Å²) in [5, 5.41) is 9.14. The monoisotopic (exact) mass is 212 g/mol. The molecule has 0 radical (unpaired) electrons. The fourth-order valence-electron chi connectivity index (χ4n) is 2.13. The van der Waals surface area contributed by atoms with Gasteiger partial charge in [-0.05, 0) is 32.6 Å². The number of nitrogens with two attached hydrogens (primary N) is 1. The average molecular weight is 212 g/mol. The summed E-state index contributed by atoms with van der Waals surface area (Å²) in [7, 11) is 0. The summed E-state index contributed by atoms with van der Waals surface area (Å²) in [5.74, 6) is -1.12. The standard InChI is InChI=1S/C10H16N2O3/c1-9(8(14)15)3-2-6-12(9)7(13)10(11)4-5-10/h2-6,11H2,1H3,(H,14,15). The summed E-state index contributed by atoms with van der Waals surface area (Å²) in [6, 6.07) is 0. The number of carbonyl (C=O) groups is 2. The maximum absolute atomic E-state index is 12.0. The summed E-state index contributed by atoms with van der Waals surface area (Å²) < 4.78 is 0. The van der Waals surface area contributed by atoms with Crippen molar-refractivity contribution in [1.82, 2.24) is 4.90 Å². The molecule has 3 N–H and O–H groups in total. The predicted octanol–water partition coefficient (Wildman–Crippen LogP) is -0.0566. The molecule has 1 atom stereocenters. The summed E-state index contributed by atoms with van der Waals surface area (Å²) in [5.41, 5.74) is 3.99. The zero-order chi connectivity index (χ0) is 11.3. The van der Waals surface area contributed by atoms with Gasteiger partial charge in [-0.25, -0.2) is 4.79 Å². The number of hydrogen-bond acceptors (Lipinski definition) is 3. The molecule has 2 rings (SSSR count). The summed E-state index contributed by atoms with van der Waals surface area (Å²) >= 11 is 0. The highest BCUT2D eigenvalue weighted by Gasteiger charge is 2.55. The molecule has 2 fully saturated rings. The molecule has 0 spiro atoms. The molecule has 1 aliphatic heterocycles. The van der Waals surface area contributed by atoms with Gasteiger partial charge >= 0.3 is 5.97 Å². The molecule has 5 nitrogen and oxygen atoms in total. The van der Waals surface area contributed by atoms with E-state index in [1.165, 1.54) is 4.90 Å². The van der Waals surface area contributed by atoms with E-state index in [4.69, 9.17) is 10.8 Å². The van der Waals surface area contributed by atoms with E-state index in [9.17, 15) is 9.59 Å². The minimum absolute atomic E-state index is 0.190. The SMILES string of the molecule is CC1(C(=O)O)CCCN1C(=O)C1(N)CC1. The highest BCUT2D eigenvalue weighted by molar-refractivity contribution is 5.94. The van der Waals surface area contributed by atoms with Crippen LogP contribution >= 0.6 is 0 Å². The molecule has 1 aliphatic carbocycles. The quantitative estimate of drug-likeness (QED) is 0.672. The highest BCUT2D eigenvalue weighted by Crippen LogP contribution is 2.39. The fourth-order valence-corrected chi connectivity index (χ4v) is 2.13. The molecule has 15 heavy (non-hydrogen) atoms. The molecule has 5 heteroatoms. The van der Waals surface area contributed by atoms with Gasteiger partial charge in [0.25, 0.3) is 0 Å². The first kappa shape index (κ1) is 10.4. The lowest BCUT2D eigenvalue weighted by Crippen LogP contribution is -2.56. The van der Waals surface area contributed by atoms with Crippen LogP contribution in [-0.4, -0.2) is 39.5 Å². The largest absolute Gasteiger partial charge is 0.480 e. The first-order valence-electron chi connectivity index (χ1n) is 5.24. The lowest BCUT2D eigenvalue weighted by Gasteiger charge is -2.33. The minimum atomic E-state index is -1.05. The van der Waals surface area contributed by atoms with E-state index >= 15 is 0 Å². The molecule has 0 bridgehead atoms. The first-order valence-corrected chi connectivity index (χ1v) is 5.24. The summed E-state index contributed by atoms with van der Waals surface area (Å²) in [4.78, 5) is 24.6. The smallest absolute Gasteiger partial charge is 0.329 e. The lowest BCUT2D eigenvalue weighted by molar-refractivity contribution is -0.156. The van der Waals surface area contributed by atoms with E-state index in [-0.39, 0.29) is 5.91 Å². The van der Waals surface area contributed by atoms with Crippen LogP contribution in [0, 0.1) is 0 Å². The van der Waals surface area contributed by atoms with Crippen molar-refractivity contribution in [2.45, 2.75) is 43.7 Å². The zero-order valence-corrected chi connectivity index (χ0v) is 8.82. The third-order valence-electron chi connectivity index (χ3n) is 3.56. The molecule has 2 aliphatic rings. The van der Waals surface area contributed by atoms with E-state index in [1.54, 1.807) is 6.92 Å². The number of aliphatic carboxylic acids is 1. The third kappa shape index (κ3) is 1.42. The van der Waals surface area contributed by atoms with Crippen LogP contribution in [0.5, 0.6) is 0 Å². The van der Waals surface area contributed by atoms with E-state index in [2.05, 4.69) is 0 Å². The zero-order valence-electron chi connectivity index (χ0n) is 8.82. The summed E-state index contributed by atoms with van der Waals surface area (Å²) in [6.07, 6.45) is 2.62. The van der Waals surface area contributed by atoms with Crippen LogP contribution in [0.4, 0.5) is 0 Å². The molecule has 0 aromatic carbocycles. The molecule has 1 heterocycles. The number of nitrogens with zero attached hydrogens (tertiary/aromatic N) is 1. The van der Waals surface area contributed by atoms with Crippen molar-refractivity contribution in [3.05, 3.63) is 0 Å². The van der Waals surface area contributed by atoms with Gasteiger partial charge in [0.1, 0.15) is 5.54 Å². The number of rotatable bonds is 2. The van der Waals surface area contributed by atoms with Gasteiger partial charge in [0, 0.05) is 6.54 Å². The van der Waals surface area contributed by atoms with Gasteiger partial charge in [-0.1, -0.05) is 0 Å². The van der Waals surface area contributed by atoms with Gasteiger partial charge in [0.15, 0.2) is 0 Å². The van der Waals surface area contributed by atoms with Crippen molar-refractivity contribution in [2.24, 2.45) is 5.73 Å². The topological polar surface area (TPSA) is 83.6 Å². The molecule has 0 aromatic heterocycles. The third-order valence-corrected chi connectivity index (χ3v) is 3.56. The number of likely N-dealkylation sites (tertiary alicyclic amines) is 1. The lowest BCUT2D eigenvalue weighted by atomic mass is 9.98. The van der Waals surface area contributed by atoms with Crippen LogP contribution in [0.1, 0.15) is 32.6 Å². The average Bonchev–Trinajstić information content (AvgIpc) is 2.78. The van der Waals surface area contributed by atoms with E-state index in [0.29, 0.717) is 25.8 Å². The Morgan fingerprint density at radius 1 is 1.33 bits per heavy atom. The molecule has 84 valence electrons. The second-order valence-electron chi connectivity index (χ2n) is 4.80. The Morgan fingerprint density at radius 2 is 1.93 bits per heavy atom. The number of carboxylic acid groups (broad SMARTS) is 1. The Balaban J connectivity index is 2.21. The van der Waals surface area contributed by atoms with Crippen molar-refractivity contribution < 1.29 is 14.7 Å². The van der Waals surface area contributed by atoms with E-state index < -0.39 is 17.0 Å². The summed E-state index contributed by atoms with van der Waals surface area (Å²) in [6.45, 7) is 2.12. The minimum Gasteiger partial charge on any atom is -0.480 e. The first-order chi connectivity index (χ1) is 6.90. The van der Waals surface area contributed by atoms with Crippen molar-refractivity contribution in [3.8, 4) is 0 Å². The van der Waals surface area contributed by atoms with Crippen LogP contribution in [-0.2, 0) is 9.59 Å². The van der Waals surface area contributed by atoms with Crippen LogP contribution in [0.2, 0.25) is 0 Å². The Labute approximate surface area is 88.2 Å². The molecule has 1 saturated carbocycles. The molecule has 1 amide bonds. The normalized spacial score (nSPS) is 32.8. The number of carbonyl (C=O) groups excluding carboxylic acids is 1. The van der Waals surface area contributed by atoms with Crippen molar-refractivity contribution in [1.29, 1.82) is 0 Å². The van der Waals surface area contributed by atoms with Crippen molar-refractivity contribution in [3.63, 3.8) is 0 Å². The highest BCUT2D eigenvalue weighted by atomic mass is 16.4. The molecule has 0 aromatic rings. The Hall–Kier alpha value is -1.10. The van der Waals surface area contributed by atoms with Gasteiger partial charge in [-0.3, -0.25) is 4.79 Å². The number of amides is 1. The van der Waals surface area contributed by atoms with Gasteiger partial charge < -0.3 is 15.7 Å². The molecular weight excluding hydrogens is 196 g/mol. The molecule has 1 unspecified atom stereocenters. The number of carboxylic acids is 1. The predicted molar refractivity (Wildman–Crippen MR) is 53.1 cm³/mol. The fraction of sp³-hybridized carbons (Fsp3) is 0.800. The maximum Gasteiger partial charge on any atom is 0.329 e. The second-order valence-corrected chi connectivity index (χ2v) is 4.80. The van der Waals surface area contributed by atoms with Gasteiger partial charge in [0.2, 0.25) is 5.91 Å². The van der Waals surface area contributed by atoms with Gasteiger partial charge in [0.05, 0.1) is 5.54 Å². The van der Waals surface area contributed by atoms with Crippen molar-refractivity contribution in [2.75, 3.05) is 6.54 Å². The molecule has 1 saturated heterocycles. The Morgan fingerprint density at radius 3 is 2.40 bits per heavy atom. The second kappa shape index (κ2) is 2.95. The van der Waals surface area contributed by atoms with E-state index in [1.807, 2.05) is 0 Å².